The second-order valence-electron chi connectivity index (χ2n) is 10.6. The molecule has 3 fully saturated rings. The van der Waals surface area contributed by atoms with Gasteiger partial charge in [-0.15, -0.1) is 0 Å². The van der Waals surface area contributed by atoms with Crippen LogP contribution in [0.25, 0.3) is 0 Å². The molecule has 0 spiro atoms. The summed E-state index contributed by atoms with van der Waals surface area (Å²) in [5.41, 5.74) is -6.84. The van der Waals surface area contributed by atoms with E-state index in [0.717, 1.165) is 6.08 Å². The van der Waals surface area contributed by atoms with Crippen molar-refractivity contribution in [2.24, 2.45) is 28.6 Å². The number of carbonyl (C=O) groups excluding carboxylic acids is 3. The number of esters is 1. The summed E-state index contributed by atoms with van der Waals surface area (Å²) in [5.74, 6) is -3.30. The van der Waals surface area contributed by atoms with Crippen molar-refractivity contribution in [3.63, 3.8) is 0 Å². The van der Waals surface area contributed by atoms with Crippen molar-refractivity contribution in [2.75, 3.05) is 6.01 Å². The third-order valence-corrected chi connectivity index (χ3v) is 9.90. The zero-order valence-corrected chi connectivity index (χ0v) is 20.6. The smallest absolute Gasteiger partial charge is 0.306 e. The number of thioether (sulfide) groups is 1. The highest BCUT2D eigenvalue weighted by molar-refractivity contribution is 8.13. The van der Waals surface area contributed by atoms with Crippen LogP contribution in [-0.4, -0.2) is 51.5 Å². The van der Waals surface area contributed by atoms with Gasteiger partial charge in [-0.3, -0.25) is 14.4 Å². The van der Waals surface area contributed by atoms with Gasteiger partial charge in [-0.2, -0.15) is 0 Å². The van der Waals surface area contributed by atoms with E-state index in [1.807, 2.05) is 0 Å². The number of allylic oxidation sites excluding steroid dienone is 4. The Balaban J connectivity index is 1.87. The lowest BCUT2D eigenvalue weighted by Crippen LogP contribution is -2.70. The highest BCUT2D eigenvalue weighted by Crippen LogP contribution is 2.72. The fraction of sp³-hybridized carbons (Fsp3) is 0.720. The molecule has 3 saturated carbocycles. The van der Waals surface area contributed by atoms with E-state index in [-0.39, 0.29) is 31.3 Å². The minimum Gasteiger partial charge on any atom is -0.449 e. The number of hydrogen-bond acceptors (Lipinski definition) is 6. The van der Waals surface area contributed by atoms with Gasteiger partial charge in [-0.25, -0.2) is 13.2 Å². The van der Waals surface area contributed by atoms with Gasteiger partial charge < -0.3 is 9.84 Å². The molecule has 1 N–H and O–H groups in total. The fourth-order valence-electron chi connectivity index (χ4n) is 7.63. The molecule has 5 nitrogen and oxygen atoms in total. The molecule has 9 heteroatoms. The molecule has 1 unspecified atom stereocenters. The Labute approximate surface area is 201 Å². The summed E-state index contributed by atoms with van der Waals surface area (Å²) in [5, 5.41) is 10.7. The first-order valence-electron chi connectivity index (χ1n) is 11.7. The van der Waals surface area contributed by atoms with Crippen LogP contribution in [0.15, 0.2) is 23.8 Å². The molecular formula is C25H31F3O5S. The second-order valence-corrected chi connectivity index (χ2v) is 11.5. The Kier molecular flexibility index (Phi) is 6.16. The summed E-state index contributed by atoms with van der Waals surface area (Å²) >= 11 is 0.396. The van der Waals surface area contributed by atoms with E-state index in [0.29, 0.717) is 11.8 Å². The van der Waals surface area contributed by atoms with Gasteiger partial charge in [0.05, 0.1) is 6.10 Å². The lowest BCUT2D eigenvalue weighted by Gasteiger charge is -2.63. The molecule has 0 aromatic heterocycles. The van der Waals surface area contributed by atoms with Crippen molar-refractivity contribution in [3.05, 3.63) is 23.8 Å². The molecular weight excluding hydrogens is 469 g/mol. The first-order valence-corrected chi connectivity index (χ1v) is 12.7. The maximum atomic E-state index is 17.2. The molecule has 0 saturated heterocycles. The van der Waals surface area contributed by atoms with Crippen LogP contribution in [0.1, 0.15) is 53.4 Å². The molecule has 0 bridgehead atoms. The zero-order valence-electron chi connectivity index (χ0n) is 19.8. The van der Waals surface area contributed by atoms with E-state index in [1.165, 1.54) is 19.1 Å². The molecule has 34 heavy (non-hydrogen) atoms. The maximum absolute atomic E-state index is 17.2. The average Bonchev–Trinajstić information content (AvgIpc) is 2.99. The third kappa shape index (κ3) is 3.01. The molecule has 4 aliphatic rings. The van der Waals surface area contributed by atoms with E-state index in [2.05, 4.69) is 0 Å². The van der Waals surface area contributed by atoms with Crippen molar-refractivity contribution < 1.29 is 37.4 Å². The molecule has 0 aromatic carbocycles. The van der Waals surface area contributed by atoms with Crippen LogP contribution in [0.3, 0.4) is 0 Å². The van der Waals surface area contributed by atoms with Crippen LogP contribution in [0.5, 0.6) is 0 Å². The molecule has 0 amide bonds. The van der Waals surface area contributed by atoms with E-state index < -0.39 is 75.0 Å². The summed E-state index contributed by atoms with van der Waals surface area (Å²) in [6.07, 6.45) is 0.160. The highest BCUT2D eigenvalue weighted by atomic mass is 32.2. The Morgan fingerprint density at radius 2 is 1.94 bits per heavy atom. The first kappa shape index (κ1) is 25.5. The minimum atomic E-state index is -2.30. The van der Waals surface area contributed by atoms with Gasteiger partial charge in [-0.05, 0) is 61.6 Å². The topological polar surface area (TPSA) is 80.7 Å². The molecule has 4 rings (SSSR count). The van der Waals surface area contributed by atoms with Crippen LogP contribution in [-0.2, 0) is 19.1 Å². The summed E-state index contributed by atoms with van der Waals surface area (Å²) in [4.78, 5) is 37.8. The summed E-state index contributed by atoms with van der Waals surface area (Å²) < 4.78 is 51.8. The van der Waals surface area contributed by atoms with Crippen LogP contribution in [0.4, 0.5) is 13.2 Å². The molecule has 0 aromatic rings. The monoisotopic (exact) mass is 500 g/mol. The maximum Gasteiger partial charge on any atom is 0.306 e. The molecule has 0 aliphatic heterocycles. The Morgan fingerprint density at radius 1 is 1.26 bits per heavy atom. The van der Waals surface area contributed by atoms with Gasteiger partial charge in [0, 0.05) is 29.1 Å². The quantitative estimate of drug-likeness (QED) is 0.576. The Bertz CT molecular complexity index is 984. The summed E-state index contributed by atoms with van der Waals surface area (Å²) in [6.45, 7) is 6.45. The van der Waals surface area contributed by atoms with Crippen LogP contribution >= 0.6 is 11.8 Å². The number of rotatable bonds is 4. The van der Waals surface area contributed by atoms with E-state index >= 15 is 8.78 Å². The summed E-state index contributed by atoms with van der Waals surface area (Å²) in [7, 11) is 0. The largest absolute Gasteiger partial charge is 0.449 e. The van der Waals surface area contributed by atoms with E-state index in [4.69, 9.17) is 4.74 Å². The van der Waals surface area contributed by atoms with Gasteiger partial charge in [0.2, 0.25) is 5.12 Å². The van der Waals surface area contributed by atoms with Crippen molar-refractivity contribution in [3.8, 4) is 0 Å². The number of aliphatic hydroxyl groups is 1. The number of fused-ring (bicyclic) bond motifs is 5. The number of ketones is 1. The van der Waals surface area contributed by atoms with Crippen molar-refractivity contribution in [1.29, 1.82) is 0 Å². The van der Waals surface area contributed by atoms with Crippen molar-refractivity contribution in [2.45, 2.75) is 76.9 Å². The van der Waals surface area contributed by atoms with Crippen molar-refractivity contribution >= 4 is 28.6 Å². The van der Waals surface area contributed by atoms with E-state index in [9.17, 15) is 23.9 Å². The number of aliphatic hydroxyl groups excluding tert-OH is 1. The number of carbonyl (C=O) groups is 3. The average molecular weight is 501 g/mol. The zero-order chi connectivity index (χ0) is 25.3. The highest BCUT2D eigenvalue weighted by Gasteiger charge is 2.78. The van der Waals surface area contributed by atoms with Crippen LogP contribution < -0.4 is 0 Å². The predicted molar refractivity (Wildman–Crippen MR) is 121 cm³/mol. The number of ether oxygens (including phenoxy) is 1. The molecule has 9 atom stereocenters. The van der Waals surface area contributed by atoms with Gasteiger partial charge in [-0.1, -0.05) is 26.8 Å². The van der Waals surface area contributed by atoms with Gasteiger partial charge in [0.25, 0.3) is 0 Å². The Morgan fingerprint density at radius 3 is 2.56 bits per heavy atom. The number of halogens is 3. The normalized spacial score (nSPS) is 47.4. The first-order chi connectivity index (χ1) is 15.8. The number of hydrogen-bond donors (Lipinski definition) is 1. The van der Waals surface area contributed by atoms with Gasteiger partial charge in [0.15, 0.2) is 17.1 Å². The third-order valence-electron chi connectivity index (χ3n) is 9.22. The van der Waals surface area contributed by atoms with Crippen LogP contribution in [0.2, 0.25) is 0 Å². The Hall–Kier alpha value is -1.61. The lowest BCUT2D eigenvalue weighted by molar-refractivity contribution is -0.228. The summed E-state index contributed by atoms with van der Waals surface area (Å²) in [6, 6.07) is -1.02. The minimum absolute atomic E-state index is 0.0141. The molecule has 188 valence electrons. The van der Waals surface area contributed by atoms with Crippen molar-refractivity contribution in [1.82, 2.24) is 0 Å². The van der Waals surface area contributed by atoms with Gasteiger partial charge in [0.1, 0.15) is 12.2 Å². The molecule has 0 heterocycles. The van der Waals surface area contributed by atoms with Gasteiger partial charge >= 0.3 is 5.97 Å². The standard InChI is InChI=1S/C25H31F3O5S/c1-5-20(31)33-25(21(32)34-12-26)13(2)8-15-16-10-18(27)17-9-14(29)6-7-22(17,3)24(16,28)19(30)11-23(15,25)4/h6-7,9,13,15-16,18-19,30H,5,8,10-12H2,1-4H3/t13-,15+,16+,18+,19+,22+,23+,24?,25-/m1/s1. The fourth-order valence-corrected chi connectivity index (χ4v) is 8.42. The SMILES string of the molecule is CCC(=O)O[C@@]1(C(=O)SCF)[C@H](C)C[C@H]2[C@@H]3C[C@H](F)C4=CC(=O)C=C[C@]4(C)C3(F)[C@@H](O)C[C@@]21C. The lowest BCUT2D eigenvalue weighted by atomic mass is 9.44. The second kappa shape index (κ2) is 8.22. The predicted octanol–water partition coefficient (Wildman–Crippen LogP) is 4.43. The van der Waals surface area contributed by atoms with E-state index in [1.54, 1.807) is 20.8 Å². The molecule has 4 aliphatic carbocycles. The van der Waals surface area contributed by atoms with Crippen LogP contribution in [0, 0.1) is 28.6 Å². The molecule has 0 radical (unpaired) electrons. The number of alkyl halides is 3.